The largest absolute Gasteiger partial charge is 0.350 e. The minimum absolute atomic E-state index is 0.0679. The second-order valence-electron chi connectivity index (χ2n) is 4.31. The summed E-state index contributed by atoms with van der Waals surface area (Å²) in [5.74, 6) is -0.271. The fourth-order valence-corrected chi connectivity index (χ4v) is 2.01. The lowest BCUT2D eigenvalue weighted by Crippen LogP contribution is -2.37. The number of nitro groups is 1. The van der Waals surface area contributed by atoms with Crippen LogP contribution in [-0.4, -0.2) is 30.0 Å². The molecule has 1 aliphatic heterocycles. The van der Waals surface area contributed by atoms with E-state index in [-0.39, 0.29) is 11.6 Å². The summed E-state index contributed by atoms with van der Waals surface area (Å²) in [6, 6.07) is 6.06. The van der Waals surface area contributed by atoms with Gasteiger partial charge in [0.1, 0.15) is 0 Å². The standard InChI is InChI=1S/C12H15N3O3/c16-12(14-8-10-4-2-6-13-10)9-3-1-5-11(7-9)15(17)18/h1,3,5,7,10,13H,2,4,6,8H2,(H,14,16). The zero-order chi connectivity index (χ0) is 13.0. The van der Waals surface area contributed by atoms with Gasteiger partial charge in [-0.2, -0.15) is 0 Å². The molecule has 96 valence electrons. The molecule has 0 bridgehead atoms. The van der Waals surface area contributed by atoms with Crippen molar-refractivity contribution in [1.29, 1.82) is 0 Å². The Morgan fingerprint density at radius 3 is 3.06 bits per heavy atom. The molecule has 0 radical (unpaired) electrons. The molecule has 1 saturated heterocycles. The quantitative estimate of drug-likeness (QED) is 0.617. The molecule has 1 fully saturated rings. The second-order valence-corrected chi connectivity index (χ2v) is 4.31. The Hall–Kier alpha value is -1.95. The van der Waals surface area contributed by atoms with Crippen LogP contribution < -0.4 is 10.6 Å². The molecule has 6 nitrogen and oxygen atoms in total. The van der Waals surface area contributed by atoms with E-state index in [1.54, 1.807) is 6.07 Å². The Balaban J connectivity index is 1.95. The van der Waals surface area contributed by atoms with Gasteiger partial charge in [0, 0.05) is 30.3 Å². The lowest BCUT2D eigenvalue weighted by Gasteiger charge is -2.11. The lowest BCUT2D eigenvalue weighted by atomic mass is 10.1. The first-order chi connectivity index (χ1) is 8.66. The number of carbonyl (C=O) groups is 1. The Bertz CT molecular complexity index is 456. The fraction of sp³-hybridized carbons (Fsp3) is 0.417. The predicted molar refractivity (Wildman–Crippen MR) is 66.5 cm³/mol. The summed E-state index contributed by atoms with van der Waals surface area (Å²) < 4.78 is 0. The Morgan fingerprint density at radius 2 is 2.39 bits per heavy atom. The maximum absolute atomic E-state index is 11.8. The molecule has 6 heteroatoms. The maximum atomic E-state index is 11.8. The smallest absolute Gasteiger partial charge is 0.270 e. The van der Waals surface area contributed by atoms with Gasteiger partial charge >= 0.3 is 0 Å². The number of hydrogen-bond acceptors (Lipinski definition) is 4. The van der Waals surface area contributed by atoms with Crippen LogP contribution in [0.4, 0.5) is 5.69 Å². The molecule has 0 spiro atoms. The summed E-state index contributed by atoms with van der Waals surface area (Å²) in [4.78, 5) is 21.9. The van der Waals surface area contributed by atoms with E-state index in [1.165, 1.54) is 18.2 Å². The minimum Gasteiger partial charge on any atom is -0.350 e. The number of nitro benzene ring substituents is 1. The highest BCUT2D eigenvalue weighted by Gasteiger charge is 2.16. The number of nitrogens with one attached hydrogen (secondary N) is 2. The molecular weight excluding hydrogens is 234 g/mol. The van der Waals surface area contributed by atoms with Gasteiger partial charge in [-0.25, -0.2) is 0 Å². The van der Waals surface area contributed by atoms with Crippen LogP contribution in [0.5, 0.6) is 0 Å². The van der Waals surface area contributed by atoms with Crippen molar-refractivity contribution in [2.45, 2.75) is 18.9 Å². The van der Waals surface area contributed by atoms with E-state index in [1.807, 2.05) is 0 Å². The number of benzene rings is 1. The Labute approximate surface area is 105 Å². The minimum atomic E-state index is -0.505. The van der Waals surface area contributed by atoms with Gasteiger partial charge in [-0.3, -0.25) is 14.9 Å². The molecule has 18 heavy (non-hydrogen) atoms. The molecule has 1 amide bonds. The predicted octanol–water partition coefficient (Wildman–Crippen LogP) is 1.08. The topological polar surface area (TPSA) is 84.3 Å². The van der Waals surface area contributed by atoms with E-state index >= 15 is 0 Å². The first-order valence-corrected chi connectivity index (χ1v) is 5.93. The molecule has 1 aromatic carbocycles. The maximum Gasteiger partial charge on any atom is 0.270 e. The van der Waals surface area contributed by atoms with Crippen LogP contribution in [0, 0.1) is 10.1 Å². The molecule has 1 atom stereocenters. The summed E-state index contributed by atoms with van der Waals surface area (Å²) in [6.07, 6.45) is 2.17. The third kappa shape index (κ3) is 3.04. The molecular formula is C12H15N3O3. The van der Waals surface area contributed by atoms with Gasteiger partial charge in [-0.05, 0) is 25.5 Å². The van der Waals surface area contributed by atoms with Gasteiger partial charge in [-0.1, -0.05) is 6.07 Å². The molecule has 0 aromatic heterocycles. The monoisotopic (exact) mass is 249 g/mol. The number of carbonyl (C=O) groups excluding carboxylic acids is 1. The molecule has 0 saturated carbocycles. The number of amides is 1. The number of non-ortho nitro benzene ring substituents is 1. The summed E-state index contributed by atoms with van der Waals surface area (Å²) in [5.41, 5.74) is 0.254. The van der Waals surface area contributed by atoms with Crippen molar-refractivity contribution < 1.29 is 9.72 Å². The molecule has 2 rings (SSSR count). The third-order valence-corrected chi connectivity index (χ3v) is 2.99. The van der Waals surface area contributed by atoms with Crippen LogP contribution in [0.3, 0.4) is 0 Å². The molecule has 1 heterocycles. The van der Waals surface area contributed by atoms with Crippen LogP contribution in [0.1, 0.15) is 23.2 Å². The van der Waals surface area contributed by atoms with Gasteiger partial charge in [0.2, 0.25) is 0 Å². The number of hydrogen-bond donors (Lipinski definition) is 2. The average molecular weight is 249 g/mol. The first-order valence-electron chi connectivity index (χ1n) is 5.93. The van der Waals surface area contributed by atoms with E-state index < -0.39 is 4.92 Å². The average Bonchev–Trinajstić information content (AvgIpc) is 2.89. The Kier molecular flexibility index (Phi) is 3.88. The molecule has 1 aliphatic rings. The summed E-state index contributed by atoms with van der Waals surface area (Å²) >= 11 is 0. The van der Waals surface area contributed by atoms with Gasteiger partial charge in [0.05, 0.1) is 4.92 Å². The van der Waals surface area contributed by atoms with Gasteiger partial charge in [0.15, 0.2) is 0 Å². The highest BCUT2D eigenvalue weighted by Crippen LogP contribution is 2.13. The van der Waals surface area contributed by atoms with E-state index in [2.05, 4.69) is 10.6 Å². The van der Waals surface area contributed by atoms with Crippen molar-refractivity contribution in [2.24, 2.45) is 0 Å². The van der Waals surface area contributed by atoms with E-state index in [0.717, 1.165) is 19.4 Å². The highest BCUT2D eigenvalue weighted by atomic mass is 16.6. The van der Waals surface area contributed by atoms with Crippen molar-refractivity contribution in [2.75, 3.05) is 13.1 Å². The van der Waals surface area contributed by atoms with E-state index in [4.69, 9.17) is 0 Å². The first kappa shape index (κ1) is 12.5. The van der Waals surface area contributed by atoms with Crippen LogP contribution in [0.15, 0.2) is 24.3 Å². The zero-order valence-electron chi connectivity index (χ0n) is 9.89. The van der Waals surface area contributed by atoms with Crippen molar-refractivity contribution in [3.05, 3.63) is 39.9 Å². The SMILES string of the molecule is O=C(NCC1CCCN1)c1cccc([N+](=O)[O-])c1. The van der Waals surface area contributed by atoms with Crippen molar-refractivity contribution >= 4 is 11.6 Å². The van der Waals surface area contributed by atoms with E-state index in [9.17, 15) is 14.9 Å². The zero-order valence-corrected chi connectivity index (χ0v) is 9.89. The molecule has 2 N–H and O–H groups in total. The molecule has 1 unspecified atom stereocenters. The van der Waals surface area contributed by atoms with Gasteiger partial charge in [-0.15, -0.1) is 0 Å². The van der Waals surface area contributed by atoms with Gasteiger partial charge in [0.25, 0.3) is 11.6 Å². The highest BCUT2D eigenvalue weighted by molar-refractivity contribution is 5.94. The summed E-state index contributed by atoms with van der Waals surface area (Å²) in [6.45, 7) is 1.54. The van der Waals surface area contributed by atoms with E-state index in [0.29, 0.717) is 18.2 Å². The van der Waals surface area contributed by atoms with Crippen molar-refractivity contribution in [3.8, 4) is 0 Å². The third-order valence-electron chi connectivity index (χ3n) is 2.99. The second kappa shape index (κ2) is 5.59. The Morgan fingerprint density at radius 1 is 1.56 bits per heavy atom. The number of nitrogens with zero attached hydrogens (tertiary/aromatic N) is 1. The van der Waals surface area contributed by atoms with Crippen molar-refractivity contribution in [3.63, 3.8) is 0 Å². The lowest BCUT2D eigenvalue weighted by molar-refractivity contribution is -0.384. The number of rotatable bonds is 4. The van der Waals surface area contributed by atoms with Crippen molar-refractivity contribution in [1.82, 2.24) is 10.6 Å². The van der Waals surface area contributed by atoms with Gasteiger partial charge < -0.3 is 10.6 Å². The van der Waals surface area contributed by atoms with Crippen LogP contribution in [0.2, 0.25) is 0 Å². The van der Waals surface area contributed by atoms with Crippen LogP contribution in [0.25, 0.3) is 0 Å². The summed E-state index contributed by atoms with van der Waals surface area (Å²) in [7, 11) is 0. The van der Waals surface area contributed by atoms with Crippen LogP contribution in [-0.2, 0) is 0 Å². The summed E-state index contributed by atoms with van der Waals surface area (Å²) in [5, 5.41) is 16.7. The van der Waals surface area contributed by atoms with Crippen LogP contribution >= 0.6 is 0 Å². The normalized spacial score (nSPS) is 18.6. The molecule has 0 aliphatic carbocycles. The fourth-order valence-electron chi connectivity index (χ4n) is 2.01. The molecule has 1 aromatic rings.